The van der Waals surface area contributed by atoms with E-state index in [1.807, 2.05) is 21.5 Å². The molecule has 2 aromatic heterocycles. The van der Waals surface area contributed by atoms with E-state index in [0.29, 0.717) is 4.77 Å². The summed E-state index contributed by atoms with van der Waals surface area (Å²) < 4.78 is 4.58. The second-order valence-electron chi connectivity index (χ2n) is 3.70. The Morgan fingerprint density at radius 2 is 2.38 bits per heavy atom. The van der Waals surface area contributed by atoms with Crippen molar-refractivity contribution in [1.29, 1.82) is 0 Å². The Labute approximate surface area is 99.1 Å². The third kappa shape index (κ3) is 1.92. The normalized spacial score (nSPS) is 12.9. The van der Waals surface area contributed by atoms with Crippen molar-refractivity contribution in [1.82, 2.24) is 24.5 Å². The van der Waals surface area contributed by atoms with E-state index in [0.717, 1.165) is 18.8 Å². The summed E-state index contributed by atoms with van der Waals surface area (Å²) in [7, 11) is 0. The second-order valence-corrected chi connectivity index (χ2v) is 4.09. The van der Waals surface area contributed by atoms with Gasteiger partial charge in [0, 0.05) is 18.9 Å². The van der Waals surface area contributed by atoms with E-state index < -0.39 is 0 Å². The Bertz CT molecular complexity index is 496. The molecule has 0 saturated heterocycles. The number of hydrogen-bond acceptors (Lipinski definition) is 3. The van der Waals surface area contributed by atoms with Crippen molar-refractivity contribution in [3.8, 4) is 0 Å². The van der Waals surface area contributed by atoms with Crippen LogP contribution in [0.25, 0.3) is 0 Å². The first kappa shape index (κ1) is 11.1. The van der Waals surface area contributed by atoms with Crippen molar-refractivity contribution < 1.29 is 0 Å². The molecule has 1 N–H and O–H groups in total. The van der Waals surface area contributed by atoms with Gasteiger partial charge in [-0.05, 0) is 31.6 Å². The van der Waals surface area contributed by atoms with Crippen LogP contribution in [0.5, 0.6) is 0 Å². The number of aromatic amines is 1. The molecular formula is C10H15N5S. The van der Waals surface area contributed by atoms with Crippen LogP contribution < -0.4 is 0 Å². The van der Waals surface area contributed by atoms with Gasteiger partial charge in [0.15, 0.2) is 10.6 Å². The Hall–Kier alpha value is -1.43. The van der Waals surface area contributed by atoms with Crippen LogP contribution in [-0.2, 0) is 6.54 Å². The van der Waals surface area contributed by atoms with Gasteiger partial charge in [0.2, 0.25) is 0 Å². The largest absolute Gasteiger partial charge is 0.302 e. The third-order valence-electron chi connectivity index (χ3n) is 2.53. The van der Waals surface area contributed by atoms with Gasteiger partial charge < -0.3 is 4.57 Å². The predicted octanol–water partition coefficient (Wildman–Crippen LogP) is 2.16. The number of nitrogens with zero attached hydrogens (tertiary/aromatic N) is 4. The molecule has 1 unspecified atom stereocenters. The van der Waals surface area contributed by atoms with Crippen LogP contribution >= 0.6 is 12.2 Å². The summed E-state index contributed by atoms with van der Waals surface area (Å²) in [4.78, 5) is 0. The molecule has 2 heterocycles. The van der Waals surface area contributed by atoms with Gasteiger partial charge in [-0.15, -0.1) is 0 Å². The highest BCUT2D eigenvalue weighted by molar-refractivity contribution is 7.71. The minimum atomic E-state index is 0.0921. The number of hydrogen-bond donors (Lipinski definition) is 1. The highest BCUT2D eigenvalue weighted by Gasteiger charge is 2.15. The van der Waals surface area contributed by atoms with E-state index in [9.17, 15) is 0 Å². The zero-order valence-corrected chi connectivity index (χ0v) is 10.2. The van der Waals surface area contributed by atoms with Gasteiger partial charge in [0.05, 0.1) is 0 Å². The van der Waals surface area contributed by atoms with Crippen LogP contribution in [0.1, 0.15) is 32.1 Å². The van der Waals surface area contributed by atoms with Gasteiger partial charge in [-0.2, -0.15) is 10.2 Å². The first-order chi connectivity index (χ1) is 7.74. The fourth-order valence-electron chi connectivity index (χ4n) is 1.72. The molecule has 86 valence electrons. The maximum Gasteiger partial charge on any atom is 0.195 e. The molecule has 16 heavy (non-hydrogen) atoms. The summed E-state index contributed by atoms with van der Waals surface area (Å²) in [5.41, 5.74) is 0. The minimum Gasteiger partial charge on any atom is -0.302 e. The first-order valence-electron chi connectivity index (χ1n) is 5.38. The smallest absolute Gasteiger partial charge is 0.195 e. The van der Waals surface area contributed by atoms with Crippen molar-refractivity contribution in [3.63, 3.8) is 0 Å². The molecule has 0 aromatic carbocycles. The van der Waals surface area contributed by atoms with Gasteiger partial charge in [-0.3, -0.25) is 9.78 Å². The van der Waals surface area contributed by atoms with E-state index in [-0.39, 0.29) is 6.04 Å². The minimum absolute atomic E-state index is 0.0921. The molecule has 0 bridgehead atoms. The molecule has 0 amide bonds. The summed E-state index contributed by atoms with van der Waals surface area (Å²) in [6.45, 7) is 5.07. The third-order valence-corrected chi connectivity index (χ3v) is 2.84. The monoisotopic (exact) mass is 237 g/mol. The van der Waals surface area contributed by atoms with E-state index in [1.54, 1.807) is 6.20 Å². The van der Waals surface area contributed by atoms with Crippen LogP contribution in [0.4, 0.5) is 0 Å². The van der Waals surface area contributed by atoms with Gasteiger partial charge >= 0.3 is 0 Å². The fourth-order valence-corrected chi connectivity index (χ4v) is 1.95. The van der Waals surface area contributed by atoms with Crippen molar-refractivity contribution in [2.75, 3.05) is 0 Å². The second kappa shape index (κ2) is 4.61. The summed E-state index contributed by atoms with van der Waals surface area (Å²) in [5.74, 6) is 0.926. The van der Waals surface area contributed by atoms with Crippen LogP contribution in [0.2, 0.25) is 0 Å². The van der Waals surface area contributed by atoms with Gasteiger partial charge in [-0.25, -0.2) is 0 Å². The molecule has 0 aliphatic rings. The van der Waals surface area contributed by atoms with E-state index in [1.165, 1.54) is 0 Å². The first-order valence-corrected chi connectivity index (χ1v) is 5.79. The zero-order valence-electron chi connectivity index (χ0n) is 9.42. The van der Waals surface area contributed by atoms with Crippen LogP contribution in [0.15, 0.2) is 18.5 Å². The molecule has 0 aliphatic heterocycles. The Morgan fingerprint density at radius 3 is 3.00 bits per heavy atom. The van der Waals surface area contributed by atoms with E-state index >= 15 is 0 Å². The predicted molar refractivity (Wildman–Crippen MR) is 63.7 cm³/mol. The summed E-state index contributed by atoms with van der Waals surface area (Å²) in [5, 5.41) is 11.3. The topological polar surface area (TPSA) is 51.4 Å². The SMILES string of the molecule is CCCn1c(C(C)n2cccn2)n[nH]c1=S. The van der Waals surface area contributed by atoms with Crippen molar-refractivity contribution >= 4 is 12.2 Å². The average molecular weight is 237 g/mol. The Kier molecular flexibility index (Phi) is 3.19. The molecule has 0 radical (unpaired) electrons. The molecule has 0 aliphatic carbocycles. The van der Waals surface area contributed by atoms with Gasteiger partial charge in [-0.1, -0.05) is 6.92 Å². The standard InChI is InChI=1S/C10H15N5S/c1-3-6-14-9(12-13-10(14)16)8(2)15-7-4-5-11-15/h4-5,7-8H,3,6H2,1-2H3,(H,13,16). The van der Waals surface area contributed by atoms with Crippen molar-refractivity contribution in [2.45, 2.75) is 32.9 Å². The van der Waals surface area contributed by atoms with Gasteiger partial charge in [0.1, 0.15) is 6.04 Å². The summed E-state index contributed by atoms with van der Waals surface area (Å²) in [6.07, 6.45) is 4.73. The lowest BCUT2D eigenvalue weighted by Gasteiger charge is -2.12. The number of nitrogens with one attached hydrogen (secondary N) is 1. The summed E-state index contributed by atoms with van der Waals surface area (Å²) >= 11 is 5.20. The maximum absolute atomic E-state index is 5.20. The maximum atomic E-state index is 5.20. The number of H-pyrrole nitrogens is 1. The Balaban J connectivity index is 2.37. The molecule has 6 heteroatoms. The Morgan fingerprint density at radius 1 is 1.56 bits per heavy atom. The van der Waals surface area contributed by atoms with Crippen LogP contribution in [0.3, 0.4) is 0 Å². The van der Waals surface area contributed by atoms with E-state index in [4.69, 9.17) is 12.2 Å². The van der Waals surface area contributed by atoms with Crippen molar-refractivity contribution in [2.24, 2.45) is 0 Å². The molecule has 0 fully saturated rings. The molecule has 5 nitrogen and oxygen atoms in total. The molecule has 2 aromatic rings. The lowest BCUT2D eigenvalue weighted by molar-refractivity contribution is 0.498. The molecule has 0 saturated carbocycles. The van der Waals surface area contributed by atoms with E-state index in [2.05, 4.69) is 29.1 Å². The zero-order chi connectivity index (χ0) is 11.5. The number of rotatable bonds is 4. The van der Waals surface area contributed by atoms with Gasteiger partial charge in [0.25, 0.3) is 0 Å². The summed E-state index contributed by atoms with van der Waals surface area (Å²) in [6, 6.07) is 2.00. The van der Waals surface area contributed by atoms with Crippen LogP contribution in [0, 0.1) is 4.77 Å². The van der Waals surface area contributed by atoms with Crippen molar-refractivity contribution in [3.05, 3.63) is 29.1 Å². The fraction of sp³-hybridized carbons (Fsp3) is 0.500. The average Bonchev–Trinajstić information content (AvgIpc) is 2.89. The van der Waals surface area contributed by atoms with Crippen LogP contribution in [-0.4, -0.2) is 24.5 Å². The highest BCUT2D eigenvalue weighted by Crippen LogP contribution is 2.14. The molecule has 2 rings (SSSR count). The lowest BCUT2D eigenvalue weighted by atomic mass is 10.3. The molecule has 0 spiro atoms. The lowest BCUT2D eigenvalue weighted by Crippen LogP contribution is -2.14. The quantitative estimate of drug-likeness (QED) is 0.829. The number of aromatic nitrogens is 5. The molecular weight excluding hydrogens is 222 g/mol. The molecule has 1 atom stereocenters. The highest BCUT2D eigenvalue weighted by atomic mass is 32.1.